The fraction of sp³-hybridized carbons (Fsp3) is 0.600. The molecular formula is C5H11NO2. The Bertz CT molecular complexity index is 74.8. The van der Waals surface area contributed by atoms with Gasteiger partial charge >= 0.3 is 0 Å². The van der Waals surface area contributed by atoms with Gasteiger partial charge in [0.2, 0.25) is 0 Å². The first kappa shape index (κ1) is 7.62. The van der Waals surface area contributed by atoms with Crippen molar-refractivity contribution in [2.75, 3.05) is 6.61 Å². The lowest BCUT2D eigenvalue weighted by molar-refractivity contribution is 0.0856. The van der Waals surface area contributed by atoms with Crippen LogP contribution < -0.4 is 5.73 Å². The minimum atomic E-state index is -0.868. The molecule has 3 nitrogen and oxygen atoms in total. The van der Waals surface area contributed by atoms with Gasteiger partial charge in [-0.1, -0.05) is 6.08 Å². The quantitative estimate of drug-likeness (QED) is 0.409. The third-order valence-corrected chi connectivity index (χ3v) is 0.904. The van der Waals surface area contributed by atoms with Crippen LogP contribution in [0, 0.1) is 0 Å². The number of hydrogen-bond donors (Lipinski definition) is 3. The summed E-state index contributed by atoms with van der Waals surface area (Å²) in [7, 11) is 0. The van der Waals surface area contributed by atoms with Gasteiger partial charge in [-0.25, -0.2) is 0 Å². The van der Waals surface area contributed by atoms with Crippen molar-refractivity contribution in [3.05, 3.63) is 12.7 Å². The first-order valence-electron chi connectivity index (χ1n) is 2.39. The second kappa shape index (κ2) is 3.60. The molecule has 0 radical (unpaired) electrons. The monoisotopic (exact) mass is 117 g/mol. The smallest absolute Gasteiger partial charge is 0.0956 e. The van der Waals surface area contributed by atoms with Gasteiger partial charge in [-0.2, -0.15) is 0 Å². The zero-order valence-electron chi connectivity index (χ0n) is 4.62. The molecule has 0 aliphatic carbocycles. The predicted molar refractivity (Wildman–Crippen MR) is 31.3 cm³/mol. The van der Waals surface area contributed by atoms with Crippen LogP contribution in [0.2, 0.25) is 0 Å². The van der Waals surface area contributed by atoms with Crippen molar-refractivity contribution < 1.29 is 10.2 Å². The van der Waals surface area contributed by atoms with E-state index < -0.39 is 12.1 Å². The minimum absolute atomic E-state index is 0.312. The number of nitrogens with two attached hydrogens (primary N) is 1. The molecule has 3 heteroatoms. The van der Waals surface area contributed by atoms with E-state index in [-0.39, 0.29) is 6.61 Å². The largest absolute Gasteiger partial charge is 0.394 e. The lowest BCUT2D eigenvalue weighted by Crippen LogP contribution is -2.34. The molecule has 0 aliphatic rings. The molecular weight excluding hydrogens is 106 g/mol. The highest BCUT2D eigenvalue weighted by Gasteiger charge is 2.07. The normalized spacial score (nSPS) is 17.4. The van der Waals surface area contributed by atoms with Gasteiger partial charge in [-0.3, -0.25) is 0 Å². The lowest BCUT2D eigenvalue weighted by Gasteiger charge is -2.10. The van der Waals surface area contributed by atoms with E-state index in [0.717, 1.165) is 0 Å². The van der Waals surface area contributed by atoms with Gasteiger partial charge in [0.1, 0.15) is 0 Å². The van der Waals surface area contributed by atoms with Gasteiger partial charge in [0, 0.05) is 0 Å². The van der Waals surface area contributed by atoms with Gasteiger partial charge in [0.05, 0.1) is 18.8 Å². The molecule has 2 atom stereocenters. The average Bonchev–Trinajstić information content (AvgIpc) is 1.84. The van der Waals surface area contributed by atoms with Gasteiger partial charge in [-0.05, 0) is 0 Å². The molecule has 0 aromatic carbocycles. The summed E-state index contributed by atoms with van der Waals surface area (Å²) in [6.07, 6.45) is 0.522. The highest BCUT2D eigenvalue weighted by molar-refractivity contribution is 4.87. The highest BCUT2D eigenvalue weighted by atomic mass is 16.3. The number of rotatable bonds is 3. The van der Waals surface area contributed by atoms with Crippen LogP contribution in [0.3, 0.4) is 0 Å². The summed E-state index contributed by atoms with van der Waals surface area (Å²) in [6.45, 7) is 3.02. The Hall–Kier alpha value is -0.380. The molecule has 0 aromatic heterocycles. The summed E-state index contributed by atoms with van der Waals surface area (Å²) in [5, 5.41) is 16.9. The summed E-state index contributed by atoms with van der Waals surface area (Å²) in [5.41, 5.74) is 5.20. The molecule has 8 heavy (non-hydrogen) atoms. The van der Waals surface area contributed by atoms with E-state index in [1.165, 1.54) is 6.08 Å². The maximum Gasteiger partial charge on any atom is 0.0956 e. The van der Waals surface area contributed by atoms with Crippen molar-refractivity contribution in [1.82, 2.24) is 0 Å². The Kier molecular flexibility index (Phi) is 3.43. The van der Waals surface area contributed by atoms with E-state index in [9.17, 15) is 0 Å². The fourth-order valence-electron chi connectivity index (χ4n) is 0.279. The van der Waals surface area contributed by atoms with E-state index in [2.05, 4.69) is 6.58 Å². The number of hydrogen-bond acceptors (Lipinski definition) is 3. The molecule has 0 saturated carbocycles. The van der Waals surface area contributed by atoms with Crippen LogP contribution in [0.4, 0.5) is 0 Å². The van der Waals surface area contributed by atoms with Gasteiger partial charge in [0.25, 0.3) is 0 Å². The predicted octanol–water partition coefficient (Wildman–Crippen LogP) is -1.15. The van der Waals surface area contributed by atoms with E-state index >= 15 is 0 Å². The molecule has 4 N–H and O–H groups in total. The van der Waals surface area contributed by atoms with Crippen LogP contribution in [0.1, 0.15) is 0 Å². The zero-order chi connectivity index (χ0) is 6.57. The van der Waals surface area contributed by atoms with Crippen LogP contribution in [0.5, 0.6) is 0 Å². The van der Waals surface area contributed by atoms with E-state index in [1.54, 1.807) is 0 Å². The second-order valence-corrected chi connectivity index (χ2v) is 1.56. The molecule has 0 spiro atoms. The first-order chi connectivity index (χ1) is 3.72. The van der Waals surface area contributed by atoms with Crippen molar-refractivity contribution in [1.29, 1.82) is 0 Å². The van der Waals surface area contributed by atoms with Crippen LogP contribution in [-0.4, -0.2) is 29.0 Å². The van der Waals surface area contributed by atoms with Crippen LogP contribution >= 0.6 is 0 Å². The summed E-state index contributed by atoms with van der Waals surface area (Å²) >= 11 is 0. The molecule has 0 fully saturated rings. The minimum Gasteiger partial charge on any atom is -0.394 e. The van der Waals surface area contributed by atoms with Gasteiger partial charge < -0.3 is 15.9 Å². The molecule has 0 amide bonds. The third kappa shape index (κ3) is 2.07. The third-order valence-electron chi connectivity index (χ3n) is 0.904. The molecule has 0 rings (SSSR count). The molecule has 0 saturated heterocycles. The van der Waals surface area contributed by atoms with Gasteiger partial charge in [-0.15, -0.1) is 6.58 Å². The Balaban J connectivity index is 3.44. The van der Waals surface area contributed by atoms with Crippen molar-refractivity contribution in [3.8, 4) is 0 Å². The van der Waals surface area contributed by atoms with Crippen LogP contribution in [-0.2, 0) is 0 Å². The molecule has 48 valence electrons. The lowest BCUT2D eigenvalue weighted by atomic mass is 10.2. The number of aliphatic hydroxyl groups excluding tert-OH is 2. The second-order valence-electron chi connectivity index (χ2n) is 1.56. The first-order valence-corrected chi connectivity index (χ1v) is 2.39. The SMILES string of the molecule is C=C[C@@H](N)[C@H](O)CO. The maximum atomic E-state index is 8.68. The zero-order valence-corrected chi connectivity index (χ0v) is 4.62. The van der Waals surface area contributed by atoms with Gasteiger partial charge in [0.15, 0.2) is 0 Å². The van der Waals surface area contributed by atoms with Crippen molar-refractivity contribution >= 4 is 0 Å². The Morgan fingerprint density at radius 1 is 1.75 bits per heavy atom. The maximum absolute atomic E-state index is 8.68. The van der Waals surface area contributed by atoms with E-state index in [0.29, 0.717) is 0 Å². The highest BCUT2D eigenvalue weighted by Crippen LogP contribution is 1.87. The summed E-state index contributed by atoms with van der Waals surface area (Å²) < 4.78 is 0. The van der Waals surface area contributed by atoms with E-state index in [1.807, 2.05) is 0 Å². The molecule has 0 aromatic rings. The number of aliphatic hydroxyl groups is 2. The fourth-order valence-corrected chi connectivity index (χ4v) is 0.279. The van der Waals surface area contributed by atoms with Crippen LogP contribution in [0.25, 0.3) is 0 Å². The molecule has 0 bridgehead atoms. The standard InChI is InChI=1S/C5H11NO2/c1-2-4(6)5(8)3-7/h2,4-5,7-8H,1,3,6H2/t4-,5-/m1/s1. The Labute approximate surface area is 48.4 Å². The van der Waals surface area contributed by atoms with E-state index in [4.69, 9.17) is 15.9 Å². The van der Waals surface area contributed by atoms with Crippen LogP contribution in [0.15, 0.2) is 12.7 Å². The Morgan fingerprint density at radius 3 is 2.38 bits per heavy atom. The van der Waals surface area contributed by atoms with Crippen molar-refractivity contribution in [2.24, 2.45) is 5.73 Å². The van der Waals surface area contributed by atoms with Crippen molar-refractivity contribution in [2.45, 2.75) is 12.1 Å². The topological polar surface area (TPSA) is 66.5 Å². The summed E-state index contributed by atoms with van der Waals surface area (Å²) in [6, 6.07) is -0.514. The Morgan fingerprint density at radius 2 is 2.25 bits per heavy atom. The molecule has 0 unspecified atom stereocenters. The molecule has 0 heterocycles. The average molecular weight is 117 g/mol. The van der Waals surface area contributed by atoms with Crippen molar-refractivity contribution in [3.63, 3.8) is 0 Å². The molecule has 0 aliphatic heterocycles. The summed E-state index contributed by atoms with van der Waals surface area (Å²) in [4.78, 5) is 0. The summed E-state index contributed by atoms with van der Waals surface area (Å²) in [5.74, 6) is 0.